The molecule has 4 nitrogen and oxygen atoms in total. The van der Waals surface area contributed by atoms with Crippen molar-refractivity contribution in [3.8, 4) is 0 Å². The molecule has 0 radical (unpaired) electrons. The number of halogens is 1. The molecule has 20 heavy (non-hydrogen) atoms. The van der Waals surface area contributed by atoms with Crippen molar-refractivity contribution in [1.82, 2.24) is 9.13 Å². The Labute approximate surface area is 121 Å². The van der Waals surface area contributed by atoms with E-state index in [0.29, 0.717) is 18.8 Å². The standard InChI is InChI=1S/C15H14ClN3O/c16-13-10-18(14-4-2-1-3-12(13)14)7-8-19-9-11(17)5-6-15(19)20/h1-6,9-10H,7-8,17H2. The summed E-state index contributed by atoms with van der Waals surface area (Å²) in [6.07, 6.45) is 3.55. The Hall–Kier alpha value is -2.20. The van der Waals surface area contributed by atoms with Crippen LogP contribution >= 0.6 is 11.6 Å². The third-order valence-corrected chi connectivity index (χ3v) is 3.63. The number of benzene rings is 1. The Bertz CT molecular complexity index is 819. The summed E-state index contributed by atoms with van der Waals surface area (Å²) < 4.78 is 3.66. The van der Waals surface area contributed by atoms with Gasteiger partial charge in [0.25, 0.3) is 5.56 Å². The zero-order valence-corrected chi connectivity index (χ0v) is 11.5. The number of anilines is 1. The predicted octanol–water partition coefficient (Wildman–Crippen LogP) is 2.74. The van der Waals surface area contributed by atoms with Gasteiger partial charge in [0.2, 0.25) is 0 Å². The molecule has 1 aromatic carbocycles. The Morgan fingerprint density at radius 2 is 1.75 bits per heavy atom. The van der Waals surface area contributed by atoms with Crippen molar-refractivity contribution in [1.29, 1.82) is 0 Å². The number of nitrogens with two attached hydrogens (primary N) is 1. The van der Waals surface area contributed by atoms with E-state index in [2.05, 4.69) is 0 Å². The average molecular weight is 288 g/mol. The molecule has 0 aliphatic rings. The lowest BCUT2D eigenvalue weighted by Crippen LogP contribution is -2.21. The van der Waals surface area contributed by atoms with Gasteiger partial charge in [-0.05, 0) is 12.1 Å². The van der Waals surface area contributed by atoms with Crippen LogP contribution in [0.3, 0.4) is 0 Å². The van der Waals surface area contributed by atoms with Crippen molar-refractivity contribution in [3.05, 3.63) is 64.2 Å². The van der Waals surface area contributed by atoms with Crippen LogP contribution in [-0.4, -0.2) is 9.13 Å². The number of fused-ring (bicyclic) bond motifs is 1. The fourth-order valence-corrected chi connectivity index (χ4v) is 2.60. The van der Waals surface area contributed by atoms with Gasteiger partial charge in [0, 0.05) is 48.1 Å². The largest absolute Gasteiger partial charge is 0.398 e. The molecule has 2 heterocycles. The van der Waals surface area contributed by atoms with Gasteiger partial charge in [0.1, 0.15) is 0 Å². The smallest absolute Gasteiger partial charge is 0.250 e. The van der Waals surface area contributed by atoms with E-state index in [1.54, 1.807) is 16.8 Å². The molecule has 0 spiro atoms. The third-order valence-electron chi connectivity index (χ3n) is 3.33. The first-order chi connectivity index (χ1) is 9.65. The molecule has 0 unspecified atom stereocenters. The van der Waals surface area contributed by atoms with E-state index in [9.17, 15) is 4.79 Å². The Morgan fingerprint density at radius 3 is 2.60 bits per heavy atom. The number of hydrogen-bond acceptors (Lipinski definition) is 2. The zero-order chi connectivity index (χ0) is 14.1. The number of hydrogen-bond donors (Lipinski definition) is 1. The molecule has 0 atom stereocenters. The molecule has 2 aromatic heterocycles. The highest BCUT2D eigenvalue weighted by Gasteiger charge is 2.06. The lowest BCUT2D eigenvalue weighted by Gasteiger charge is -2.08. The molecule has 0 saturated heterocycles. The highest BCUT2D eigenvalue weighted by molar-refractivity contribution is 6.35. The van der Waals surface area contributed by atoms with E-state index in [1.807, 2.05) is 35.0 Å². The van der Waals surface area contributed by atoms with Crippen LogP contribution in [0.4, 0.5) is 5.69 Å². The molecule has 0 aliphatic carbocycles. The van der Waals surface area contributed by atoms with Crippen LogP contribution < -0.4 is 11.3 Å². The van der Waals surface area contributed by atoms with Crippen LogP contribution in [0.2, 0.25) is 5.02 Å². The first kappa shape index (κ1) is 12.8. The molecule has 3 aromatic rings. The monoisotopic (exact) mass is 287 g/mol. The SMILES string of the molecule is Nc1ccc(=O)n(CCn2cc(Cl)c3ccccc32)c1. The molecular formula is C15H14ClN3O. The molecule has 0 saturated carbocycles. The average Bonchev–Trinajstić information content (AvgIpc) is 2.77. The second-order valence-electron chi connectivity index (χ2n) is 4.68. The summed E-state index contributed by atoms with van der Waals surface area (Å²) in [4.78, 5) is 11.7. The first-order valence-corrected chi connectivity index (χ1v) is 6.72. The number of rotatable bonds is 3. The summed E-state index contributed by atoms with van der Waals surface area (Å²) in [6, 6.07) is 11.0. The topological polar surface area (TPSA) is 53.0 Å². The van der Waals surface area contributed by atoms with E-state index in [-0.39, 0.29) is 5.56 Å². The second-order valence-corrected chi connectivity index (χ2v) is 5.09. The molecule has 3 rings (SSSR count). The minimum atomic E-state index is -0.0539. The highest BCUT2D eigenvalue weighted by atomic mass is 35.5. The number of pyridine rings is 1. The van der Waals surface area contributed by atoms with Gasteiger partial charge in [-0.1, -0.05) is 29.8 Å². The highest BCUT2D eigenvalue weighted by Crippen LogP contribution is 2.25. The summed E-state index contributed by atoms with van der Waals surface area (Å²) in [7, 11) is 0. The molecule has 0 aliphatic heterocycles. The number of para-hydroxylation sites is 1. The Kier molecular flexibility index (Phi) is 3.24. The Morgan fingerprint density at radius 1 is 1.00 bits per heavy atom. The van der Waals surface area contributed by atoms with Gasteiger partial charge in [-0.3, -0.25) is 4.79 Å². The lowest BCUT2D eigenvalue weighted by atomic mass is 10.2. The summed E-state index contributed by atoms with van der Waals surface area (Å²) in [5.74, 6) is 0. The zero-order valence-electron chi connectivity index (χ0n) is 10.8. The number of nitrogen functional groups attached to an aromatic ring is 1. The molecule has 5 heteroatoms. The molecule has 0 fully saturated rings. The molecular weight excluding hydrogens is 274 g/mol. The van der Waals surface area contributed by atoms with Crippen LogP contribution in [0, 0.1) is 0 Å². The van der Waals surface area contributed by atoms with Crippen molar-refractivity contribution in [2.45, 2.75) is 13.1 Å². The maximum atomic E-state index is 11.7. The van der Waals surface area contributed by atoms with Gasteiger partial charge < -0.3 is 14.9 Å². The maximum absolute atomic E-state index is 11.7. The van der Waals surface area contributed by atoms with Gasteiger partial charge in [0.05, 0.1) is 5.02 Å². The number of aromatic nitrogens is 2. The van der Waals surface area contributed by atoms with Crippen LogP contribution in [0.15, 0.2) is 53.6 Å². The van der Waals surface area contributed by atoms with Crippen LogP contribution in [0.5, 0.6) is 0 Å². The minimum absolute atomic E-state index is 0.0539. The Balaban J connectivity index is 1.91. The summed E-state index contributed by atoms with van der Waals surface area (Å²) >= 11 is 6.21. The number of aryl methyl sites for hydroxylation is 2. The van der Waals surface area contributed by atoms with E-state index >= 15 is 0 Å². The van der Waals surface area contributed by atoms with Crippen LogP contribution in [-0.2, 0) is 13.1 Å². The van der Waals surface area contributed by atoms with Crippen molar-refractivity contribution >= 4 is 28.2 Å². The molecule has 102 valence electrons. The van der Waals surface area contributed by atoms with E-state index in [1.165, 1.54) is 6.07 Å². The molecule has 2 N–H and O–H groups in total. The summed E-state index contributed by atoms with van der Waals surface area (Å²) in [6.45, 7) is 1.22. The first-order valence-electron chi connectivity index (χ1n) is 6.34. The second kappa shape index (κ2) is 5.06. The van der Waals surface area contributed by atoms with Crippen molar-refractivity contribution < 1.29 is 0 Å². The van der Waals surface area contributed by atoms with Crippen LogP contribution in [0.1, 0.15) is 0 Å². The van der Waals surface area contributed by atoms with Crippen molar-refractivity contribution in [3.63, 3.8) is 0 Å². The van der Waals surface area contributed by atoms with E-state index in [0.717, 1.165) is 15.9 Å². The molecule has 0 bridgehead atoms. The maximum Gasteiger partial charge on any atom is 0.250 e. The van der Waals surface area contributed by atoms with Gasteiger partial charge >= 0.3 is 0 Å². The third kappa shape index (κ3) is 2.30. The summed E-state index contributed by atoms with van der Waals surface area (Å²) in [5, 5.41) is 1.75. The van der Waals surface area contributed by atoms with Crippen LogP contribution in [0.25, 0.3) is 10.9 Å². The fraction of sp³-hybridized carbons (Fsp3) is 0.133. The minimum Gasteiger partial charge on any atom is -0.398 e. The fourth-order valence-electron chi connectivity index (χ4n) is 2.33. The van der Waals surface area contributed by atoms with Gasteiger partial charge in [-0.15, -0.1) is 0 Å². The summed E-state index contributed by atoms with van der Waals surface area (Å²) in [5.41, 5.74) is 7.30. The lowest BCUT2D eigenvalue weighted by molar-refractivity contribution is 0.578. The molecule has 0 amide bonds. The van der Waals surface area contributed by atoms with Crippen molar-refractivity contribution in [2.75, 3.05) is 5.73 Å². The van der Waals surface area contributed by atoms with Gasteiger partial charge in [-0.25, -0.2) is 0 Å². The van der Waals surface area contributed by atoms with Crippen molar-refractivity contribution in [2.24, 2.45) is 0 Å². The normalized spacial score (nSPS) is 11.1. The number of nitrogens with zero attached hydrogens (tertiary/aromatic N) is 2. The van der Waals surface area contributed by atoms with E-state index < -0.39 is 0 Å². The van der Waals surface area contributed by atoms with Gasteiger partial charge in [0.15, 0.2) is 0 Å². The quantitative estimate of drug-likeness (QED) is 0.805. The van der Waals surface area contributed by atoms with E-state index in [4.69, 9.17) is 17.3 Å². The van der Waals surface area contributed by atoms with Gasteiger partial charge in [-0.2, -0.15) is 0 Å². The predicted molar refractivity (Wildman–Crippen MR) is 82.1 cm³/mol.